The number of methoxy groups -OCH3 is 1. The minimum atomic E-state index is -1.27. The first-order chi connectivity index (χ1) is 10.1. The highest BCUT2D eigenvalue weighted by Crippen LogP contribution is 2.24. The van der Waals surface area contributed by atoms with Crippen LogP contribution in [0.4, 0.5) is 0 Å². The second kappa shape index (κ2) is 7.04. The number of rotatable bonds is 6. The quantitative estimate of drug-likeness (QED) is 0.888. The number of hydrogen-bond acceptors (Lipinski definition) is 3. The lowest BCUT2D eigenvalue weighted by Crippen LogP contribution is -2.20. The van der Waals surface area contributed by atoms with E-state index in [0.29, 0.717) is 5.75 Å². The zero-order valence-corrected chi connectivity index (χ0v) is 12.6. The third-order valence-electron chi connectivity index (χ3n) is 2.96. The van der Waals surface area contributed by atoms with E-state index in [0.717, 1.165) is 22.4 Å². The highest BCUT2D eigenvalue weighted by atomic mass is 32.2. The predicted molar refractivity (Wildman–Crippen MR) is 84.3 cm³/mol. The summed E-state index contributed by atoms with van der Waals surface area (Å²) in [4.78, 5) is 10.8. The highest BCUT2D eigenvalue weighted by molar-refractivity contribution is 7.84. The van der Waals surface area contributed by atoms with Gasteiger partial charge in [-0.15, -0.1) is 0 Å². The van der Waals surface area contributed by atoms with Crippen molar-refractivity contribution in [3.63, 3.8) is 0 Å². The fourth-order valence-corrected chi connectivity index (χ4v) is 3.01. The maximum atomic E-state index is 11.8. The average Bonchev–Trinajstić information content (AvgIpc) is 2.46. The van der Waals surface area contributed by atoms with Crippen LogP contribution >= 0.6 is 0 Å². The van der Waals surface area contributed by atoms with Gasteiger partial charge in [0.25, 0.3) is 0 Å². The van der Waals surface area contributed by atoms with Crippen LogP contribution in [-0.2, 0) is 21.3 Å². The number of primary amides is 1. The van der Waals surface area contributed by atoms with Crippen molar-refractivity contribution < 1.29 is 13.7 Å². The van der Waals surface area contributed by atoms with E-state index in [2.05, 4.69) is 0 Å². The number of amides is 1. The van der Waals surface area contributed by atoms with Crippen LogP contribution in [0.25, 0.3) is 11.1 Å². The van der Waals surface area contributed by atoms with Crippen molar-refractivity contribution in [3.05, 3.63) is 54.1 Å². The van der Waals surface area contributed by atoms with Gasteiger partial charge >= 0.3 is 0 Å². The Morgan fingerprint density at radius 2 is 1.81 bits per heavy atom. The van der Waals surface area contributed by atoms with E-state index < -0.39 is 16.7 Å². The Morgan fingerprint density at radius 1 is 1.14 bits per heavy atom. The Hall–Kier alpha value is -2.14. The van der Waals surface area contributed by atoms with Gasteiger partial charge in [0.1, 0.15) is 11.5 Å². The molecule has 2 rings (SSSR count). The molecule has 0 heterocycles. The molecular weight excluding hydrogens is 286 g/mol. The number of carbonyl (C=O) groups excluding carboxylic acids is 1. The number of benzene rings is 2. The van der Waals surface area contributed by atoms with Crippen molar-refractivity contribution in [2.45, 2.75) is 5.75 Å². The average molecular weight is 303 g/mol. The maximum Gasteiger partial charge on any atom is 0.230 e. The molecule has 0 saturated carbocycles. The van der Waals surface area contributed by atoms with Gasteiger partial charge in [0.15, 0.2) is 0 Å². The molecule has 21 heavy (non-hydrogen) atoms. The summed E-state index contributed by atoms with van der Waals surface area (Å²) in [5.74, 6) is 0.455. The van der Waals surface area contributed by atoms with Gasteiger partial charge in [-0.1, -0.05) is 36.4 Å². The summed E-state index contributed by atoms with van der Waals surface area (Å²) in [5.41, 5.74) is 8.01. The molecular formula is C16H17NO3S. The summed E-state index contributed by atoms with van der Waals surface area (Å²) in [5, 5.41) is 0. The van der Waals surface area contributed by atoms with Gasteiger partial charge in [0.2, 0.25) is 5.91 Å². The second-order valence-corrected chi connectivity index (χ2v) is 6.08. The molecule has 0 saturated heterocycles. The van der Waals surface area contributed by atoms with E-state index in [1.54, 1.807) is 7.11 Å². The Morgan fingerprint density at radius 3 is 2.48 bits per heavy atom. The molecule has 0 aromatic heterocycles. The van der Waals surface area contributed by atoms with Crippen molar-refractivity contribution >= 4 is 16.7 Å². The lowest BCUT2D eigenvalue weighted by molar-refractivity contribution is -0.115. The number of ether oxygens (including phenoxy) is 1. The Bertz CT molecular complexity index is 670. The van der Waals surface area contributed by atoms with Crippen molar-refractivity contribution in [1.82, 2.24) is 0 Å². The van der Waals surface area contributed by atoms with E-state index in [4.69, 9.17) is 10.5 Å². The van der Waals surface area contributed by atoms with Crippen LogP contribution < -0.4 is 10.5 Å². The minimum absolute atomic E-state index is 0.108. The molecule has 0 unspecified atom stereocenters. The normalized spacial score (nSPS) is 11.9. The predicted octanol–water partition coefficient (Wildman–Crippen LogP) is 2.10. The fourth-order valence-electron chi connectivity index (χ4n) is 2.04. The lowest BCUT2D eigenvalue weighted by atomic mass is 10.0. The molecule has 0 aliphatic heterocycles. The molecule has 0 aliphatic rings. The van der Waals surface area contributed by atoms with Crippen LogP contribution in [0, 0.1) is 0 Å². The summed E-state index contributed by atoms with van der Waals surface area (Å²) in [6, 6.07) is 15.5. The molecule has 2 aromatic rings. The first-order valence-corrected chi connectivity index (χ1v) is 7.94. The van der Waals surface area contributed by atoms with Gasteiger partial charge in [0.05, 0.1) is 7.11 Å². The van der Waals surface area contributed by atoms with Gasteiger partial charge in [-0.25, -0.2) is 0 Å². The summed E-state index contributed by atoms with van der Waals surface area (Å²) >= 11 is 0. The van der Waals surface area contributed by atoms with Gasteiger partial charge in [-0.05, 0) is 28.8 Å². The molecule has 110 valence electrons. The molecule has 0 aliphatic carbocycles. The monoisotopic (exact) mass is 303 g/mol. The van der Waals surface area contributed by atoms with E-state index >= 15 is 0 Å². The third kappa shape index (κ3) is 4.43. The van der Waals surface area contributed by atoms with Crippen molar-refractivity contribution in [3.8, 4) is 16.9 Å². The number of carbonyl (C=O) groups is 1. The molecule has 0 fully saturated rings. The first kappa shape index (κ1) is 15.3. The molecule has 5 heteroatoms. The summed E-state index contributed by atoms with van der Waals surface area (Å²) in [6.07, 6.45) is 0. The molecule has 0 radical (unpaired) electrons. The highest BCUT2D eigenvalue weighted by Gasteiger charge is 2.07. The molecule has 1 atom stereocenters. The van der Waals surface area contributed by atoms with Crippen LogP contribution in [0.1, 0.15) is 5.56 Å². The van der Waals surface area contributed by atoms with Crippen LogP contribution in [0.3, 0.4) is 0 Å². The van der Waals surface area contributed by atoms with Gasteiger partial charge in [-0.3, -0.25) is 9.00 Å². The molecule has 0 bridgehead atoms. The molecule has 2 N–H and O–H groups in total. The largest absolute Gasteiger partial charge is 0.497 e. The van der Waals surface area contributed by atoms with E-state index in [-0.39, 0.29) is 5.75 Å². The molecule has 2 aromatic carbocycles. The van der Waals surface area contributed by atoms with E-state index in [1.165, 1.54) is 0 Å². The fraction of sp³-hybridized carbons (Fsp3) is 0.188. The summed E-state index contributed by atoms with van der Waals surface area (Å²) < 4.78 is 17.0. The zero-order chi connectivity index (χ0) is 15.2. The van der Waals surface area contributed by atoms with Crippen LogP contribution in [0.5, 0.6) is 5.75 Å². The number of hydrogen-bond donors (Lipinski definition) is 1. The van der Waals surface area contributed by atoms with E-state index in [1.807, 2.05) is 48.5 Å². The van der Waals surface area contributed by atoms with Crippen LogP contribution in [0.15, 0.2) is 48.5 Å². The summed E-state index contributed by atoms with van der Waals surface area (Å²) in [7, 11) is 0.356. The minimum Gasteiger partial charge on any atom is -0.497 e. The Kier molecular flexibility index (Phi) is 5.11. The zero-order valence-electron chi connectivity index (χ0n) is 11.7. The molecule has 0 spiro atoms. The molecule has 1 amide bonds. The Balaban J connectivity index is 2.20. The lowest BCUT2D eigenvalue weighted by Gasteiger charge is -2.07. The topological polar surface area (TPSA) is 69.4 Å². The van der Waals surface area contributed by atoms with Gasteiger partial charge in [-0.2, -0.15) is 0 Å². The second-order valence-electron chi connectivity index (χ2n) is 4.63. The van der Waals surface area contributed by atoms with Gasteiger partial charge < -0.3 is 10.5 Å². The van der Waals surface area contributed by atoms with Crippen molar-refractivity contribution in [2.75, 3.05) is 12.9 Å². The van der Waals surface area contributed by atoms with Crippen LogP contribution in [-0.4, -0.2) is 23.0 Å². The third-order valence-corrected chi connectivity index (χ3v) is 4.22. The molecule has 4 nitrogen and oxygen atoms in total. The smallest absolute Gasteiger partial charge is 0.230 e. The van der Waals surface area contributed by atoms with Gasteiger partial charge in [0, 0.05) is 16.6 Å². The van der Waals surface area contributed by atoms with Crippen LogP contribution in [0.2, 0.25) is 0 Å². The first-order valence-electron chi connectivity index (χ1n) is 6.45. The van der Waals surface area contributed by atoms with Crippen molar-refractivity contribution in [1.29, 1.82) is 0 Å². The standard InChI is InChI=1S/C16H17NO3S/c1-20-15-7-3-6-14(9-15)13-5-2-4-12(8-13)10-21(19)11-16(17)18/h2-9H,10-11H2,1H3,(H2,17,18)/t21-/m1/s1. The van der Waals surface area contributed by atoms with E-state index in [9.17, 15) is 9.00 Å². The SMILES string of the molecule is COc1cccc(-c2cccc(C[S@@](=O)CC(N)=O)c2)c1. The van der Waals surface area contributed by atoms with Crippen molar-refractivity contribution in [2.24, 2.45) is 5.73 Å². The maximum absolute atomic E-state index is 11.8. The summed E-state index contributed by atoms with van der Waals surface area (Å²) in [6.45, 7) is 0. The number of nitrogens with two attached hydrogens (primary N) is 1. The Labute approximate surface area is 126 Å².